The van der Waals surface area contributed by atoms with Crippen molar-refractivity contribution in [2.75, 3.05) is 5.32 Å². The Balaban J connectivity index is 2.58. The lowest BCUT2D eigenvalue weighted by molar-refractivity contribution is 0.270. The highest BCUT2D eigenvalue weighted by Gasteiger charge is 1.92. The van der Waals surface area contributed by atoms with Crippen LogP contribution < -0.4 is 5.32 Å². The van der Waals surface area contributed by atoms with Crippen LogP contribution in [-0.4, -0.2) is 5.24 Å². The Kier molecular flexibility index (Phi) is 2.13. The summed E-state index contributed by atoms with van der Waals surface area (Å²) < 4.78 is 0. The van der Waals surface area contributed by atoms with Gasteiger partial charge in [-0.1, -0.05) is 12.6 Å². The second kappa shape index (κ2) is 2.89. The number of hydrogen-bond donors (Lipinski definition) is 2. The molecule has 0 atom stereocenters. The van der Waals surface area contributed by atoms with Crippen LogP contribution in [0.3, 0.4) is 0 Å². The quantitative estimate of drug-likeness (QED) is 0.604. The highest BCUT2D eigenvalue weighted by atomic mass is 32.1. The topological polar surface area (TPSA) is 29.1 Å². The average Bonchev–Trinajstić information content (AvgIpc) is 2.15. The summed E-state index contributed by atoms with van der Waals surface area (Å²) in [5, 5.41) is 5.92. The molecule has 1 amide bonds. The standard InChI is InChI=1S/C5H5NOS2/c7-5(8)6-4-1-2-9-3-4/h1-3H,(H2,6,7,8). The van der Waals surface area contributed by atoms with Crippen molar-refractivity contribution in [2.45, 2.75) is 0 Å². The van der Waals surface area contributed by atoms with Crippen LogP contribution in [0.25, 0.3) is 0 Å². The van der Waals surface area contributed by atoms with Crippen LogP contribution in [0.15, 0.2) is 16.8 Å². The first-order chi connectivity index (χ1) is 4.29. The molecule has 0 unspecified atom stereocenters. The molecule has 1 rings (SSSR count). The molecule has 0 aliphatic carbocycles. The minimum Gasteiger partial charge on any atom is -0.316 e. The molecule has 2 nitrogen and oxygen atoms in total. The molecule has 9 heavy (non-hydrogen) atoms. The van der Waals surface area contributed by atoms with Gasteiger partial charge in [-0.15, -0.1) is 0 Å². The maximum absolute atomic E-state index is 10.3. The van der Waals surface area contributed by atoms with Crippen LogP contribution in [0.1, 0.15) is 0 Å². The number of carbonyl (C=O) groups is 1. The third kappa shape index (κ3) is 2.07. The number of rotatable bonds is 1. The molecule has 0 aliphatic heterocycles. The van der Waals surface area contributed by atoms with Crippen molar-refractivity contribution < 1.29 is 4.79 Å². The van der Waals surface area contributed by atoms with Gasteiger partial charge >= 0.3 is 0 Å². The minimum atomic E-state index is -0.326. The van der Waals surface area contributed by atoms with Gasteiger partial charge in [0.15, 0.2) is 0 Å². The van der Waals surface area contributed by atoms with Crippen LogP contribution in [0, 0.1) is 0 Å². The van der Waals surface area contributed by atoms with Gasteiger partial charge in [0.1, 0.15) is 0 Å². The molecule has 0 radical (unpaired) electrons. The predicted molar refractivity (Wildman–Crippen MR) is 42.3 cm³/mol. The molecule has 48 valence electrons. The molecule has 0 aromatic carbocycles. The Bertz CT molecular complexity index is 195. The van der Waals surface area contributed by atoms with Gasteiger partial charge in [-0.25, -0.2) is 0 Å². The zero-order valence-corrected chi connectivity index (χ0v) is 6.21. The van der Waals surface area contributed by atoms with E-state index in [1.54, 1.807) is 0 Å². The van der Waals surface area contributed by atoms with Crippen molar-refractivity contribution in [1.82, 2.24) is 0 Å². The Morgan fingerprint density at radius 2 is 2.56 bits per heavy atom. The summed E-state index contributed by atoms with van der Waals surface area (Å²) in [5.74, 6) is 0. The summed E-state index contributed by atoms with van der Waals surface area (Å²) in [7, 11) is 0. The van der Waals surface area contributed by atoms with E-state index in [2.05, 4.69) is 17.9 Å². The van der Waals surface area contributed by atoms with E-state index in [1.807, 2.05) is 16.8 Å². The second-order valence-corrected chi connectivity index (χ2v) is 2.63. The van der Waals surface area contributed by atoms with E-state index in [0.29, 0.717) is 0 Å². The van der Waals surface area contributed by atoms with Crippen molar-refractivity contribution in [2.24, 2.45) is 0 Å². The number of thiol groups is 1. The minimum absolute atomic E-state index is 0.326. The number of anilines is 1. The smallest absolute Gasteiger partial charge is 0.280 e. The average molecular weight is 159 g/mol. The monoisotopic (exact) mass is 159 g/mol. The fourth-order valence-corrected chi connectivity index (χ4v) is 1.18. The summed E-state index contributed by atoms with van der Waals surface area (Å²) >= 11 is 5.07. The molecule has 0 fully saturated rings. The molecule has 1 N–H and O–H groups in total. The maximum Gasteiger partial charge on any atom is 0.280 e. The first-order valence-corrected chi connectivity index (χ1v) is 3.70. The maximum atomic E-state index is 10.3. The van der Waals surface area contributed by atoms with E-state index in [4.69, 9.17) is 0 Å². The summed E-state index contributed by atoms with van der Waals surface area (Å²) in [4.78, 5) is 10.3. The van der Waals surface area contributed by atoms with Crippen molar-refractivity contribution >= 4 is 34.9 Å². The fraction of sp³-hybridized carbons (Fsp3) is 0. The van der Waals surface area contributed by atoms with Crippen LogP contribution in [0.5, 0.6) is 0 Å². The lowest BCUT2D eigenvalue weighted by Crippen LogP contribution is -1.98. The molecule has 0 spiro atoms. The van der Waals surface area contributed by atoms with Crippen molar-refractivity contribution in [1.29, 1.82) is 0 Å². The molecular weight excluding hydrogens is 154 g/mol. The van der Waals surface area contributed by atoms with Crippen molar-refractivity contribution in [3.63, 3.8) is 0 Å². The molecule has 1 aromatic heterocycles. The molecule has 4 heteroatoms. The fourth-order valence-electron chi connectivity index (χ4n) is 0.459. The summed E-state index contributed by atoms with van der Waals surface area (Å²) in [5.41, 5.74) is 0.806. The van der Waals surface area contributed by atoms with Gasteiger partial charge in [0.25, 0.3) is 5.24 Å². The van der Waals surface area contributed by atoms with E-state index in [-0.39, 0.29) is 5.24 Å². The highest BCUT2D eigenvalue weighted by Crippen LogP contribution is 2.11. The van der Waals surface area contributed by atoms with Crippen LogP contribution in [-0.2, 0) is 0 Å². The van der Waals surface area contributed by atoms with Crippen molar-refractivity contribution in [3.05, 3.63) is 16.8 Å². The normalized spacial score (nSPS) is 9.00. The zero-order valence-electron chi connectivity index (χ0n) is 4.50. The van der Waals surface area contributed by atoms with Gasteiger partial charge in [0.05, 0.1) is 5.69 Å². The summed E-state index contributed by atoms with van der Waals surface area (Å²) in [6.07, 6.45) is 0. The number of carbonyl (C=O) groups excluding carboxylic acids is 1. The Labute approximate surface area is 62.3 Å². The lowest BCUT2D eigenvalue weighted by Gasteiger charge is -1.92. The molecule has 0 aliphatic rings. The Morgan fingerprint density at radius 1 is 1.78 bits per heavy atom. The molecule has 0 saturated carbocycles. The van der Waals surface area contributed by atoms with E-state index in [0.717, 1.165) is 5.69 Å². The first kappa shape index (κ1) is 6.64. The number of hydrogen-bond acceptors (Lipinski definition) is 2. The molecule has 1 heterocycles. The van der Waals surface area contributed by atoms with Crippen LogP contribution >= 0.6 is 24.0 Å². The van der Waals surface area contributed by atoms with E-state index in [1.165, 1.54) is 11.3 Å². The number of nitrogens with one attached hydrogen (secondary N) is 1. The van der Waals surface area contributed by atoms with Crippen LogP contribution in [0.2, 0.25) is 0 Å². The van der Waals surface area contributed by atoms with Gasteiger partial charge in [-0.05, 0) is 11.4 Å². The third-order valence-electron chi connectivity index (χ3n) is 0.772. The second-order valence-electron chi connectivity index (χ2n) is 1.44. The summed E-state index contributed by atoms with van der Waals surface area (Å²) in [6, 6.07) is 1.82. The van der Waals surface area contributed by atoms with Gasteiger partial charge < -0.3 is 5.32 Å². The predicted octanol–water partition coefficient (Wildman–Crippen LogP) is 2.21. The molecule has 1 aromatic rings. The van der Waals surface area contributed by atoms with E-state index < -0.39 is 0 Å². The van der Waals surface area contributed by atoms with Crippen molar-refractivity contribution in [3.8, 4) is 0 Å². The van der Waals surface area contributed by atoms with Gasteiger partial charge in [-0.3, -0.25) is 4.79 Å². The summed E-state index contributed by atoms with van der Waals surface area (Å²) in [6.45, 7) is 0. The number of thiophene rings is 1. The zero-order chi connectivity index (χ0) is 6.69. The third-order valence-corrected chi connectivity index (χ3v) is 1.57. The van der Waals surface area contributed by atoms with E-state index in [9.17, 15) is 4.79 Å². The van der Waals surface area contributed by atoms with Gasteiger partial charge in [0, 0.05) is 5.38 Å². The van der Waals surface area contributed by atoms with E-state index >= 15 is 0 Å². The Morgan fingerprint density at radius 3 is 3.00 bits per heavy atom. The Hall–Kier alpha value is -0.480. The largest absolute Gasteiger partial charge is 0.316 e. The molecule has 0 saturated heterocycles. The van der Waals surface area contributed by atoms with Crippen LogP contribution in [0.4, 0.5) is 10.5 Å². The molecule has 0 bridgehead atoms. The first-order valence-electron chi connectivity index (χ1n) is 2.31. The number of amides is 1. The highest BCUT2D eigenvalue weighted by molar-refractivity contribution is 7.96. The van der Waals surface area contributed by atoms with Gasteiger partial charge in [0.2, 0.25) is 0 Å². The SMILES string of the molecule is O=C(S)Nc1ccsc1. The molecular formula is C5H5NOS2. The lowest BCUT2D eigenvalue weighted by atomic mass is 10.5. The van der Waals surface area contributed by atoms with Gasteiger partial charge in [-0.2, -0.15) is 11.3 Å².